The van der Waals surface area contributed by atoms with Crippen molar-refractivity contribution in [1.29, 1.82) is 5.26 Å². The zero-order chi connectivity index (χ0) is 13.0. The number of rotatable bonds is 3. The van der Waals surface area contributed by atoms with Gasteiger partial charge >= 0.3 is 0 Å². The van der Waals surface area contributed by atoms with E-state index in [2.05, 4.69) is 21.4 Å². The molecule has 0 saturated carbocycles. The molecule has 90 valence electrons. The van der Waals surface area contributed by atoms with Gasteiger partial charge in [0.25, 0.3) is 0 Å². The van der Waals surface area contributed by atoms with Crippen LogP contribution in [0.3, 0.4) is 0 Å². The summed E-state index contributed by atoms with van der Waals surface area (Å²) in [6.07, 6.45) is 1.90. The van der Waals surface area contributed by atoms with Gasteiger partial charge in [-0.3, -0.25) is 0 Å². The Morgan fingerprint density at radius 1 is 1.22 bits per heavy atom. The maximum absolute atomic E-state index is 9.22. The molecule has 0 radical (unpaired) electrons. The van der Waals surface area contributed by atoms with E-state index in [1.54, 1.807) is 0 Å². The van der Waals surface area contributed by atoms with Crippen LogP contribution in [0.2, 0.25) is 0 Å². The summed E-state index contributed by atoms with van der Waals surface area (Å²) in [7, 11) is 0. The molecule has 2 rings (SSSR count). The zero-order valence-corrected chi connectivity index (χ0v) is 11.0. The van der Waals surface area contributed by atoms with Gasteiger partial charge in [0, 0.05) is 5.69 Å². The van der Waals surface area contributed by atoms with Crippen molar-refractivity contribution < 1.29 is 0 Å². The average Bonchev–Trinajstić information content (AvgIpc) is 2.39. The summed E-state index contributed by atoms with van der Waals surface area (Å²) < 4.78 is 0. The molecular weight excluding hydrogens is 244 g/mol. The maximum atomic E-state index is 9.22. The number of nitrogens with zero attached hydrogens (tertiary/aromatic N) is 3. The van der Waals surface area contributed by atoms with Gasteiger partial charge in [0.1, 0.15) is 22.5 Å². The Bertz CT molecular complexity index is 590. The van der Waals surface area contributed by atoms with Crippen molar-refractivity contribution in [1.82, 2.24) is 9.97 Å². The molecule has 1 aromatic carbocycles. The molecule has 0 amide bonds. The number of thioether (sulfide) groups is 1. The van der Waals surface area contributed by atoms with Crippen LogP contribution in [0.1, 0.15) is 11.4 Å². The Morgan fingerprint density at radius 3 is 2.56 bits per heavy atom. The molecule has 0 bridgehead atoms. The topological polar surface area (TPSA) is 61.6 Å². The normalized spacial score (nSPS) is 9.83. The highest BCUT2D eigenvalue weighted by atomic mass is 32.2. The van der Waals surface area contributed by atoms with Crippen LogP contribution in [0.5, 0.6) is 0 Å². The number of anilines is 2. The van der Waals surface area contributed by atoms with Crippen LogP contribution >= 0.6 is 11.8 Å². The summed E-state index contributed by atoms with van der Waals surface area (Å²) in [4.78, 5) is 8.54. The molecule has 0 aliphatic rings. The van der Waals surface area contributed by atoms with Gasteiger partial charge in [-0.25, -0.2) is 9.97 Å². The van der Waals surface area contributed by atoms with Crippen molar-refractivity contribution in [3.05, 3.63) is 41.7 Å². The lowest BCUT2D eigenvalue weighted by Gasteiger charge is -2.10. The minimum atomic E-state index is 0.483. The zero-order valence-electron chi connectivity index (χ0n) is 10.1. The number of nitrogens with one attached hydrogen (secondary N) is 1. The Balaban J connectivity index is 2.44. The number of aromatic nitrogens is 2. The predicted octanol–water partition coefficient (Wildman–Crippen LogP) is 3.12. The van der Waals surface area contributed by atoms with Crippen molar-refractivity contribution >= 4 is 23.3 Å². The Hall–Kier alpha value is -2.06. The quantitative estimate of drug-likeness (QED) is 0.675. The SMILES string of the molecule is CSc1nc(C)nc(Nc2ccccc2)c1C#N. The Labute approximate surface area is 110 Å². The smallest absolute Gasteiger partial charge is 0.153 e. The van der Waals surface area contributed by atoms with Gasteiger partial charge in [0.2, 0.25) is 0 Å². The molecule has 0 saturated heterocycles. The molecule has 4 nitrogen and oxygen atoms in total. The first kappa shape index (κ1) is 12.4. The third kappa shape index (κ3) is 2.60. The first-order valence-electron chi connectivity index (χ1n) is 5.39. The molecule has 1 N–H and O–H groups in total. The van der Waals surface area contributed by atoms with Crippen molar-refractivity contribution in [3.63, 3.8) is 0 Å². The fraction of sp³-hybridized carbons (Fsp3) is 0.154. The molecule has 0 unspecified atom stereocenters. The summed E-state index contributed by atoms with van der Waals surface area (Å²) in [5.41, 5.74) is 1.39. The monoisotopic (exact) mass is 256 g/mol. The molecular formula is C13H12N4S. The number of hydrogen-bond acceptors (Lipinski definition) is 5. The van der Waals surface area contributed by atoms with Crippen LogP contribution < -0.4 is 5.32 Å². The van der Waals surface area contributed by atoms with Crippen LogP contribution in [0.4, 0.5) is 11.5 Å². The van der Waals surface area contributed by atoms with Gasteiger partial charge < -0.3 is 5.32 Å². The number of hydrogen-bond donors (Lipinski definition) is 1. The second-order valence-corrected chi connectivity index (χ2v) is 4.40. The van der Waals surface area contributed by atoms with E-state index in [1.165, 1.54) is 11.8 Å². The van der Waals surface area contributed by atoms with E-state index < -0.39 is 0 Å². The minimum Gasteiger partial charge on any atom is -0.339 e. The first-order valence-corrected chi connectivity index (χ1v) is 6.62. The van der Waals surface area contributed by atoms with Gasteiger partial charge in [-0.2, -0.15) is 5.26 Å². The number of benzene rings is 1. The molecule has 1 heterocycles. The van der Waals surface area contributed by atoms with Crippen LogP contribution in [-0.2, 0) is 0 Å². The number of nitriles is 1. The van der Waals surface area contributed by atoms with Crippen molar-refractivity contribution in [2.45, 2.75) is 11.9 Å². The molecule has 0 fully saturated rings. The summed E-state index contributed by atoms with van der Waals surface area (Å²) >= 11 is 1.45. The highest BCUT2D eigenvalue weighted by molar-refractivity contribution is 7.98. The fourth-order valence-corrected chi connectivity index (χ4v) is 2.11. The predicted molar refractivity (Wildman–Crippen MR) is 73.0 cm³/mol. The largest absolute Gasteiger partial charge is 0.339 e. The van der Waals surface area contributed by atoms with E-state index in [-0.39, 0.29) is 0 Å². The lowest BCUT2D eigenvalue weighted by Crippen LogP contribution is -2.02. The molecule has 0 aliphatic heterocycles. The molecule has 1 aromatic heterocycles. The van der Waals surface area contributed by atoms with E-state index in [0.29, 0.717) is 22.2 Å². The van der Waals surface area contributed by atoms with Gasteiger partial charge in [-0.05, 0) is 25.3 Å². The Kier molecular flexibility index (Phi) is 3.80. The lowest BCUT2D eigenvalue weighted by molar-refractivity contribution is 0.962. The number of aryl methyl sites for hydroxylation is 1. The highest BCUT2D eigenvalue weighted by Crippen LogP contribution is 2.25. The summed E-state index contributed by atoms with van der Waals surface area (Å²) in [5, 5.41) is 13.1. The van der Waals surface area contributed by atoms with Crippen molar-refractivity contribution in [2.24, 2.45) is 0 Å². The third-order valence-corrected chi connectivity index (χ3v) is 3.01. The van der Waals surface area contributed by atoms with Crippen LogP contribution in [0.15, 0.2) is 35.4 Å². The average molecular weight is 256 g/mol. The van der Waals surface area contributed by atoms with Gasteiger partial charge in [0.15, 0.2) is 5.82 Å². The minimum absolute atomic E-state index is 0.483. The molecule has 18 heavy (non-hydrogen) atoms. The van der Waals surface area contributed by atoms with E-state index in [0.717, 1.165) is 5.69 Å². The van der Waals surface area contributed by atoms with Crippen LogP contribution in [0, 0.1) is 18.3 Å². The highest BCUT2D eigenvalue weighted by Gasteiger charge is 2.12. The van der Waals surface area contributed by atoms with Crippen molar-refractivity contribution in [2.75, 3.05) is 11.6 Å². The fourth-order valence-electron chi connectivity index (χ4n) is 1.54. The molecule has 2 aromatic rings. The standard InChI is InChI=1S/C13H12N4S/c1-9-15-12(11(8-14)13(16-9)18-2)17-10-6-4-3-5-7-10/h3-7H,1-2H3,(H,15,16,17). The molecule has 0 spiro atoms. The van der Waals surface area contributed by atoms with E-state index in [4.69, 9.17) is 0 Å². The second kappa shape index (κ2) is 5.52. The first-order chi connectivity index (χ1) is 8.74. The summed E-state index contributed by atoms with van der Waals surface area (Å²) in [6.45, 7) is 1.82. The second-order valence-electron chi connectivity index (χ2n) is 3.61. The molecule has 0 atom stereocenters. The Morgan fingerprint density at radius 2 is 1.94 bits per heavy atom. The van der Waals surface area contributed by atoms with E-state index in [1.807, 2.05) is 43.5 Å². The maximum Gasteiger partial charge on any atom is 0.153 e. The van der Waals surface area contributed by atoms with E-state index >= 15 is 0 Å². The van der Waals surface area contributed by atoms with Crippen LogP contribution in [0.25, 0.3) is 0 Å². The van der Waals surface area contributed by atoms with E-state index in [9.17, 15) is 5.26 Å². The third-order valence-electron chi connectivity index (χ3n) is 2.33. The lowest BCUT2D eigenvalue weighted by atomic mass is 10.3. The van der Waals surface area contributed by atoms with Crippen LogP contribution in [-0.4, -0.2) is 16.2 Å². The van der Waals surface area contributed by atoms with Gasteiger partial charge in [0.05, 0.1) is 0 Å². The summed E-state index contributed by atoms with van der Waals surface area (Å²) in [6, 6.07) is 11.8. The summed E-state index contributed by atoms with van der Waals surface area (Å²) in [5.74, 6) is 1.21. The molecule has 5 heteroatoms. The van der Waals surface area contributed by atoms with Crippen molar-refractivity contribution in [3.8, 4) is 6.07 Å². The van der Waals surface area contributed by atoms with Gasteiger partial charge in [-0.1, -0.05) is 18.2 Å². The van der Waals surface area contributed by atoms with Gasteiger partial charge in [-0.15, -0.1) is 11.8 Å². The molecule has 0 aliphatic carbocycles. The number of para-hydroxylation sites is 1.